The predicted molar refractivity (Wildman–Crippen MR) is 50.5 cm³/mol. The zero-order chi connectivity index (χ0) is 11.1. The van der Waals surface area contributed by atoms with Crippen molar-refractivity contribution in [2.24, 2.45) is 0 Å². The molecule has 0 unspecified atom stereocenters. The largest absolute Gasteiger partial charge is 0.484 e. The summed E-state index contributed by atoms with van der Waals surface area (Å²) in [6.45, 7) is -0.237. The first-order valence-electron chi connectivity index (χ1n) is 4.24. The molecule has 15 heavy (non-hydrogen) atoms. The SMILES string of the molecule is N#CCNC(=O)COc1ccc(F)cc1. The molecule has 5 heteroatoms. The standard InChI is InChI=1S/C10H9FN2O2/c11-8-1-3-9(4-2-8)15-7-10(14)13-6-5-12/h1-4H,6-7H2,(H,13,14). The van der Waals surface area contributed by atoms with Crippen LogP contribution in [-0.4, -0.2) is 19.1 Å². The van der Waals surface area contributed by atoms with Crippen molar-refractivity contribution < 1.29 is 13.9 Å². The van der Waals surface area contributed by atoms with Crippen molar-refractivity contribution in [3.05, 3.63) is 30.1 Å². The molecule has 0 aliphatic heterocycles. The molecule has 1 aromatic carbocycles. The Morgan fingerprint density at radius 3 is 2.73 bits per heavy atom. The van der Waals surface area contributed by atoms with Gasteiger partial charge in [-0.3, -0.25) is 4.79 Å². The maximum absolute atomic E-state index is 12.5. The van der Waals surface area contributed by atoms with Crippen molar-refractivity contribution in [2.45, 2.75) is 0 Å². The first-order chi connectivity index (χ1) is 7.22. The van der Waals surface area contributed by atoms with E-state index in [2.05, 4.69) is 5.32 Å². The lowest BCUT2D eigenvalue weighted by Gasteiger charge is -2.04. The van der Waals surface area contributed by atoms with E-state index in [9.17, 15) is 9.18 Å². The van der Waals surface area contributed by atoms with Gasteiger partial charge in [0.2, 0.25) is 0 Å². The van der Waals surface area contributed by atoms with E-state index >= 15 is 0 Å². The highest BCUT2D eigenvalue weighted by molar-refractivity contribution is 5.77. The van der Waals surface area contributed by atoms with E-state index < -0.39 is 0 Å². The maximum Gasteiger partial charge on any atom is 0.258 e. The summed E-state index contributed by atoms with van der Waals surface area (Å²) in [7, 11) is 0. The van der Waals surface area contributed by atoms with Gasteiger partial charge in [0.25, 0.3) is 5.91 Å². The molecule has 0 saturated heterocycles. The summed E-state index contributed by atoms with van der Waals surface area (Å²) in [5.41, 5.74) is 0. The highest BCUT2D eigenvalue weighted by atomic mass is 19.1. The van der Waals surface area contributed by atoms with Gasteiger partial charge in [0.15, 0.2) is 6.61 Å². The Morgan fingerprint density at radius 2 is 2.13 bits per heavy atom. The lowest BCUT2D eigenvalue weighted by molar-refractivity contribution is -0.122. The topological polar surface area (TPSA) is 62.1 Å². The number of nitriles is 1. The molecule has 0 heterocycles. The van der Waals surface area contributed by atoms with Crippen molar-refractivity contribution in [3.63, 3.8) is 0 Å². The van der Waals surface area contributed by atoms with Crippen LogP contribution in [0.2, 0.25) is 0 Å². The average Bonchev–Trinajstić information content (AvgIpc) is 2.25. The number of benzene rings is 1. The summed E-state index contributed by atoms with van der Waals surface area (Å²) in [5, 5.41) is 10.5. The molecule has 0 fully saturated rings. The van der Waals surface area contributed by atoms with Gasteiger partial charge in [-0.05, 0) is 24.3 Å². The predicted octanol–water partition coefficient (Wildman–Crippen LogP) is 0.844. The van der Waals surface area contributed by atoms with Gasteiger partial charge in [0.1, 0.15) is 18.1 Å². The number of hydrogen-bond acceptors (Lipinski definition) is 3. The molecule has 0 aliphatic rings. The van der Waals surface area contributed by atoms with E-state index in [1.165, 1.54) is 24.3 Å². The summed E-state index contributed by atoms with van der Waals surface area (Å²) in [6, 6.07) is 7.09. The van der Waals surface area contributed by atoms with E-state index in [1.54, 1.807) is 6.07 Å². The Balaban J connectivity index is 2.34. The van der Waals surface area contributed by atoms with Crippen molar-refractivity contribution >= 4 is 5.91 Å². The highest BCUT2D eigenvalue weighted by Crippen LogP contribution is 2.10. The lowest BCUT2D eigenvalue weighted by atomic mass is 10.3. The molecule has 0 spiro atoms. The van der Waals surface area contributed by atoms with E-state index in [0.717, 1.165) is 0 Å². The summed E-state index contributed by atoms with van der Waals surface area (Å²) in [4.78, 5) is 11.0. The Kier molecular flexibility index (Phi) is 4.10. The number of hydrogen-bond donors (Lipinski definition) is 1. The quantitative estimate of drug-likeness (QED) is 0.746. The lowest BCUT2D eigenvalue weighted by Crippen LogP contribution is -2.28. The minimum absolute atomic E-state index is 0.0500. The summed E-state index contributed by atoms with van der Waals surface area (Å²) in [6.07, 6.45) is 0. The van der Waals surface area contributed by atoms with E-state index in [-0.39, 0.29) is 24.9 Å². The Labute approximate surface area is 86.3 Å². The number of ether oxygens (including phenoxy) is 1. The number of carbonyl (C=O) groups excluding carboxylic acids is 1. The Hall–Kier alpha value is -2.09. The van der Waals surface area contributed by atoms with Gasteiger partial charge in [-0.2, -0.15) is 5.26 Å². The van der Waals surface area contributed by atoms with Gasteiger partial charge in [0, 0.05) is 0 Å². The molecular formula is C10H9FN2O2. The second-order valence-electron chi connectivity index (χ2n) is 2.68. The molecule has 0 bridgehead atoms. The second-order valence-corrected chi connectivity index (χ2v) is 2.68. The number of halogens is 1. The monoisotopic (exact) mass is 208 g/mol. The van der Waals surface area contributed by atoms with Crippen LogP contribution in [0.15, 0.2) is 24.3 Å². The molecule has 0 atom stereocenters. The van der Waals surface area contributed by atoms with Crippen LogP contribution in [-0.2, 0) is 4.79 Å². The van der Waals surface area contributed by atoms with Crippen molar-refractivity contribution in [2.75, 3.05) is 13.2 Å². The minimum Gasteiger partial charge on any atom is -0.484 e. The minimum atomic E-state index is -0.388. The van der Waals surface area contributed by atoms with Gasteiger partial charge < -0.3 is 10.1 Å². The number of carbonyl (C=O) groups is 1. The fraction of sp³-hybridized carbons (Fsp3) is 0.200. The first kappa shape index (κ1) is 11.0. The molecule has 1 amide bonds. The second kappa shape index (κ2) is 5.60. The van der Waals surface area contributed by atoms with Crippen LogP contribution in [0.5, 0.6) is 5.75 Å². The molecular weight excluding hydrogens is 199 g/mol. The fourth-order valence-electron chi connectivity index (χ4n) is 0.869. The number of nitrogens with zero attached hydrogens (tertiary/aromatic N) is 1. The summed E-state index contributed by atoms with van der Waals surface area (Å²) >= 11 is 0. The molecule has 0 aromatic heterocycles. The molecule has 1 rings (SSSR count). The number of nitrogens with one attached hydrogen (secondary N) is 1. The molecule has 0 radical (unpaired) electrons. The first-order valence-corrected chi connectivity index (χ1v) is 4.24. The van der Waals surface area contributed by atoms with E-state index in [0.29, 0.717) is 5.75 Å². The van der Waals surface area contributed by atoms with Crippen LogP contribution in [0.1, 0.15) is 0 Å². The average molecular weight is 208 g/mol. The van der Waals surface area contributed by atoms with Gasteiger partial charge in [-0.15, -0.1) is 0 Å². The van der Waals surface area contributed by atoms with Gasteiger partial charge >= 0.3 is 0 Å². The van der Waals surface area contributed by atoms with Crippen molar-refractivity contribution in [1.82, 2.24) is 5.32 Å². The molecule has 0 aliphatic carbocycles. The third-order valence-corrected chi connectivity index (χ3v) is 1.55. The van der Waals surface area contributed by atoms with Gasteiger partial charge in [0.05, 0.1) is 6.07 Å². The van der Waals surface area contributed by atoms with E-state index in [4.69, 9.17) is 10.00 Å². The highest BCUT2D eigenvalue weighted by Gasteiger charge is 2.01. The zero-order valence-electron chi connectivity index (χ0n) is 7.87. The van der Waals surface area contributed by atoms with Crippen molar-refractivity contribution in [1.29, 1.82) is 5.26 Å². The Morgan fingerprint density at radius 1 is 1.47 bits per heavy atom. The van der Waals surface area contributed by atoms with Crippen LogP contribution in [0.4, 0.5) is 4.39 Å². The molecule has 0 saturated carbocycles. The molecule has 1 aromatic rings. The number of amides is 1. The number of rotatable bonds is 4. The summed E-state index contributed by atoms with van der Waals surface area (Å²) in [5.74, 6) is -0.347. The van der Waals surface area contributed by atoms with Crippen LogP contribution >= 0.6 is 0 Å². The zero-order valence-corrected chi connectivity index (χ0v) is 7.87. The van der Waals surface area contributed by atoms with Crippen LogP contribution in [0.25, 0.3) is 0 Å². The third-order valence-electron chi connectivity index (χ3n) is 1.55. The van der Waals surface area contributed by atoms with Gasteiger partial charge in [-0.1, -0.05) is 0 Å². The molecule has 78 valence electrons. The smallest absolute Gasteiger partial charge is 0.258 e. The molecule has 1 N–H and O–H groups in total. The fourth-order valence-corrected chi connectivity index (χ4v) is 0.869. The van der Waals surface area contributed by atoms with Crippen LogP contribution < -0.4 is 10.1 Å². The van der Waals surface area contributed by atoms with Gasteiger partial charge in [-0.25, -0.2) is 4.39 Å². The molecule has 4 nitrogen and oxygen atoms in total. The van der Waals surface area contributed by atoms with Crippen LogP contribution in [0, 0.1) is 17.1 Å². The summed E-state index contributed by atoms with van der Waals surface area (Å²) < 4.78 is 17.5. The van der Waals surface area contributed by atoms with Crippen molar-refractivity contribution in [3.8, 4) is 11.8 Å². The Bertz CT molecular complexity index is 370. The van der Waals surface area contributed by atoms with Crippen LogP contribution in [0.3, 0.4) is 0 Å². The maximum atomic E-state index is 12.5. The normalized spacial score (nSPS) is 9.07. The van der Waals surface area contributed by atoms with E-state index in [1.807, 2.05) is 0 Å². The third kappa shape index (κ3) is 4.09.